The molecule has 2 N–H and O–H groups in total. The maximum absolute atomic E-state index is 12.7. The van der Waals surface area contributed by atoms with Gasteiger partial charge in [-0.25, -0.2) is 14.8 Å². The molecule has 0 spiro atoms. The molecule has 0 saturated carbocycles. The first-order chi connectivity index (χ1) is 14.7. The molecule has 0 saturated heterocycles. The summed E-state index contributed by atoms with van der Waals surface area (Å²) >= 11 is 0. The lowest BCUT2D eigenvalue weighted by Crippen LogP contribution is -2.43. The second-order valence-electron chi connectivity index (χ2n) is 7.36. The van der Waals surface area contributed by atoms with E-state index in [1.165, 1.54) is 0 Å². The van der Waals surface area contributed by atoms with Crippen LogP contribution in [-0.4, -0.2) is 58.1 Å². The highest BCUT2D eigenvalue weighted by Gasteiger charge is 2.20. The molecule has 8 heteroatoms. The minimum absolute atomic E-state index is 0.0508. The molecule has 3 aromatic rings. The van der Waals surface area contributed by atoms with Gasteiger partial charge in [0.05, 0.1) is 18.3 Å². The van der Waals surface area contributed by atoms with Crippen molar-refractivity contribution in [3.8, 4) is 17.1 Å². The van der Waals surface area contributed by atoms with Gasteiger partial charge < -0.3 is 24.7 Å². The van der Waals surface area contributed by atoms with Crippen molar-refractivity contribution in [2.45, 2.75) is 26.3 Å². The van der Waals surface area contributed by atoms with E-state index in [4.69, 9.17) is 9.72 Å². The molecule has 1 aromatic carbocycles. The first kappa shape index (κ1) is 20.2. The summed E-state index contributed by atoms with van der Waals surface area (Å²) in [5.74, 6) is 0.535. The van der Waals surface area contributed by atoms with E-state index in [1.807, 2.05) is 46.8 Å². The first-order valence-electron chi connectivity index (χ1n) is 10.5. The summed E-state index contributed by atoms with van der Waals surface area (Å²) in [4.78, 5) is 23.7. The molecule has 30 heavy (non-hydrogen) atoms. The number of carbonyl (C=O) groups is 1. The highest BCUT2D eigenvalue weighted by atomic mass is 16.5. The zero-order chi connectivity index (χ0) is 20.9. The number of benzene rings is 1. The van der Waals surface area contributed by atoms with E-state index in [1.54, 1.807) is 6.20 Å². The molecule has 1 atom stereocenters. The molecule has 1 aliphatic rings. The Bertz CT molecular complexity index is 1020. The van der Waals surface area contributed by atoms with Crippen LogP contribution in [-0.2, 0) is 0 Å². The van der Waals surface area contributed by atoms with Gasteiger partial charge in [0.25, 0.3) is 5.88 Å². The van der Waals surface area contributed by atoms with Crippen LogP contribution in [0.25, 0.3) is 16.9 Å². The maximum Gasteiger partial charge on any atom is 0.317 e. The lowest BCUT2D eigenvalue weighted by atomic mass is 10.0. The zero-order valence-electron chi connectivity index (χ0n) is 17.5. The molecular weight excluding hydrogens is 380 g/mol. The number of fused-ring (bicyclic) bond motifs is 7. The number of hydrogen-bond donors (Lipinski definition) is 2. The van der Waals surface area contributed by atoms with Crippen molar-refractivity contribution in [3.05, 3.63) is 48.4 Å². The Morgan fingerprint density at radius 2 is 2.17 bits per heavy atom. The van der Waals surface area contributed by atoms with Crippen LogP contribution in [0, 0.1) is 0 Å². The van der Waals surface area contributed by atoms with Crippen molar-refractivity contribution >= 4 is 11.7 Å². The summed E-state index contributed by atoms with van der Waals surface area (Å²) < 4.78 is 7.91. The molecule has 2 amide bonds. The van der Waals surface area contributed by atoms with Gasteiger partial charge in [0, 0.05) is 43.8 Å². The molecule has 4 rings (SSSR count). The fourth-order valence-electron chi connectivity index (χ4n) is 3.72. The van der Waals surface area contributed by atoms with E-state index < -0.39 is 0 Å². The predicted octanol–water partition coefficient (Wildman–Crippen LogP) is 2.86. The van der Waals surface area contributed by atoms with Gasteiger partial charge in [0.15, 0.2) is 0 Å². The number of imidazole rings is 1. The maximum atomic E-state index is 12.7. The van der Waals surface area contributed by atoms with Gasteiger partial charge >= 0.3 is 6.03 Å². The van der Waals surface area contributed by atoms with Crippen LogP contribution in [0.5, 0.6) is 5.88 Å². The fourth-order valence-corrected chi connectivity index (χ4v) is 3.72. The molecule has 2 aromatic heterocycles. The third-order valence-corrected chi connectivity index (χ3v) is 5.39. The van der Waals surface area contributed by atoms with Gasteiger partial charge in [-0.15, -0.1) is 0 Å². The monoisotopic (exact) mass is 408 g/mol. The number of rotatable bonds is 1. The van der Waals surface area contributed by atoms with Crippen LogP contribution < -0.4 is 15.4 Å². The summed E-state index contributed by atoms with van der Waals surface area (Å²) in [5, 5.41) is 6.34. The summed E-state index contributed by atoms with van der Waals surface area (Å²) in [6, 6.07) is 8.06. The van der Waals surface area contributed by atoms with E-state index in [9.17, 15) is 4.79 Å². The topological polar surface area (TPSA) is 83.8 Å². The zero-order valence-corrected chi connectivity index (χ0v) is 17.5. The molecule has 0 aliphatic carbocycles. The Morgan fingerprint density at radius 3 is 3.03 bits per heavy atom. The fraction of sp³-hybridized carbons (Fsp3) is 0.409. The second-order valence-corrected chi connectivity index (χ2v) is 7.36. The predicted molar refractivity (Wildman–Crippen MR) is 116 cm³/mol. The molecule has 158 valence electrons. The van der Waals surface area contributed by atoms with Crippen LogP contribution in [0.2, 0.25) is 0 Å². The van der Waals surface area contributed by atoms with Crippen LogP contribution in [0.1, 0.15) is 31.9 Å². The number of amides is 2. The molecular formula is C22H28N6O2. The number of urea groups is 1. The molecule has 8 nitrogen and oxygen atoms in total. The Labute approximate surface area is 176 Å². The van der Waals surface area contributed by atoms with Crippen molar-refractivity contribution in [2.24, 2.45) is 0 Å². The third kappa shape index (κ3) is 4.23. The summed E-state index contributed by atoms with van der Waals surface area (Å²) in [6.45, 7) is 7.32. The van der Waals surface area contributed by atoms with E-state index in [0.29, 0.717) is 37.8 Å². The lowest BCUT2D eigenvalue weighted by Gasteiger charge is -2.29. The minimum Gasteiger partial charge on any atom is -0.475 e. The Kier molecular flexibility index (Phi) is 6.13. The van der Waals surface area contributed by atoms with Gasteiger partial charge in [-0.2, -0.15) is 0 Å². The molecule has 4 bridgehead atoms. The standard InChI is InChI=1S/C22H28N6O2/c1-3-28-16(2)17-6-4-7-18(14-17)19-15-27-12-11-24-20(27)21(26-19)30-13-5-8-23-9-10-25-22(28)29/h4,6-7,11-12,14-16,23H,3,5,8-10,13H2,1-2H3,(H,25,29)/t16-/m1/s1. The minimum atomic E-state index is -0.0636. The van der Waals surface area contributed by atoms with Crippen LogP contribution in [0.15, 0.2) is 42.9 Å². The van der Waals surface area contributed by atoms with Crippen molar-refractivity contribution in [1.29, 1.82) is 0 Å². The smallest absolute Gasteiger partial charge is 0.317 e. The number of nitrogens with one attached hydrogen (secondary N) is 2. The number of ether oxygens (including phenoxy) is 1. The molecule has 3 heterocycles. The highest BCUT2D eigenvalue weighted by Crippen LogP contribution is 2.28. The Balaban J connectivity index is 1.74. The number of nitrogens with zero attached hydrogens (tertiary/aromatic N) is 4. The lowest BCUT2D eigenvalue weighted by molar-refractivity contribution is 0.183. The Hall–Kier alpha value is -3.13. The van der Waals surface area contributed by atoms with Crippen LogP contribution in [0.3, 0.4) is 0 Å². The Morgan fingerprint density at radius 1 is 1.27 bits per heavy atom. The summed E-state index contributed by atoms with van der Waals surface area (Å²) in [5.41, 5.74) is 3.55. The van der Waals surface area contributed by atoms with Gasteiger partial charge in [0.2, 0.25) is 5.65 Å². The second kappa shape index (κ2) is 9.13. The molecule has 0 radical (unpaired) electrons. The van der Waals surface area contributed by atoms with Crippen molar-refractivity contribution < 1.29 is 9.53 Å². The quantitative estimate of drug-likeness (QED) is 0.647. The van der Waals surface area contributed by atoms with Crippen molar-refractivity contribution in [3.63, 3.8) is 0 Å². The van der Waals surface area contributed by atoms with Gasteiger partial charge in [-0.1, -0.05) is 18.2 Å². The SMILES string of the molecule is CCN1C(=O)NCCNCCCOc2nc(cn3ccnc23)-c2cccc(c2)[C@H]1C. The summed E-state index contributed by atoms with van der Waals surface area (Å²) in [7, 11) is 0. The molecule has 0 fully saturated rings. The van der Waals surface area contributed by atoms with E-state index in [0.717, 1.165) is 29.8 Å². The van der Waals surface area contributed by atoms with Crippen LogP contribution in [0.4, 0.5) is 4.79 Å². The largest absolute Gasteiger partial charge is 0.475 e. The molecule has 0 unspecified atom stereocenters. The van der Waals surface area contributed by atoms with Crippen molar-refractivity contribution in [1.82, 2.24) is 29.9 Å². The normalized spacial score (nSPS) is 18.5. The number of hydrogen-bond acceptors (Lipinski definition) is 5. The number of aromatic nitrogens is 3. The average molecular weight is 409 g/mol. The molecule has 1 aliphatic heterocycles. The van der Waals surface area contributed by atoms with E-state index in [2.05, 4.69) is 28.6 Å². The van der Waals surface area contributed by atoms with Gasteiger partial charge in [0.1, 0.15) is 0 Å². The van der Waals surface area contributed by atoms with E-state index >= 15 is 0 Å². The van der Waals surface area contributed by atoms with Crippen LogP contribution >= 0.6 is 0 Å². The first-order valence-corrected chi connectivity index (χ1v) is 10.5. The summed E-state index contributed by atoms with van der Waals surface area (Å²) in [6.07, 6.45) is 6.43. The van der Waals surface area contributed by atoms with Crippen molar-refractivity contribution in [2.75, 3.05) is 32.8 Å². The van der Waals surface area contributed by atoms with E-state index in [-0.39, 0.29) is 12.1 Å². The third-order valence-electron chi connectivity index (χ3n) is 5.39. The highest BCUT2D eigenvalue weighted by molar-refractivity contribution is 5.75. The number of carbonyl (C=O) groups excluding carboxylic acids is 1. The van der Waals surface area contributed by atoms with Gasteiger partial charge in [-0.3, -0.25) is 0 Å². The van der Waals surface area contributed by atoms with Gasteiger partial charge in [-0.05, 0) is 38.4 Å². The average Bonchev–Trinajstić information content (AvgIpc) is 3.24.